The van der Waals surface area contributed by atoms with Crippen molar-refractivity contribution in [2.75, 3.05) is 39.6 Å². The van der Waals surface area contributed by atoms with E-state index < -0.39 is 0 Å². The molecule has 0 spiro atoms. The second kappa shape index (κ2) is 5.25. The van der Waals surface area contributed by atoms with Crippen LogP contribution >= 0.6 is 0 Å². The molecule has 2 aliphatic heterocycles. The molecule has 15 heavy (non-hydrogen) atoms. The zero-order valence-corrected chi connectivity index (χ0v) is 9.37. The van der Waals surface area contributed by atoms with Crippen LogP contribution in [0.25, 0.3) is 0 Å². The molecule has 0 N–H and O–H groups in total. The lowest BCUT2D eigenvalue weighted by atomic mass is 9.84. The van der Waals surface area contributed by atoms with Gasteiger partial charge in [-0.1, -0.05) is 6.92 Å². The number of rotatable bonds is 6. The summed E-state index contributed by atoms with van der Waals surface area (Å²) in [7, 11) is 0. The Bertz CT molecular complexity index is 180. The lowest BCUT2D eigenvalue weighted by Crippen LogP contribution is -2.45. The first kappa shape index (κ1) is 11.3. The van der Waals surface area contributed by atoms with Crippen LogP contribution in [0.3, 0.4) is 0 Å². The Kier molecular flexibility index (Phi) is 3.97. The van der Waals surface area contributed by atoms with E-state index in [4.69, 9.17) is 18.9 Å². The predicted octanol–water partition coefficient (Wildman–Crippen LogP) is 1.19. The summed E-state index contributed by atoms with van der Waals surface area (Å²) in [5, 5.41) is 0. The van der Waals surface area contributed by atoms with Gasteiger partial charge in [-0.05, 0) is 6.42 Å². The molecule has 0 saturated carbocycles. The SMILES string of the molecule is CCC1(COCCC2OCCO2)COC1. The summed E-state index contributed by atoms with van der Waals surface area (Å²) in [5.41, 5.74) is 0.289. The average molecular weight is 216 g/mol. The van der Waals surface area contributed by atoms with Gasteiger partial charge in [0.2, 0.25) is 0 Å². The highest BCUT2D eigenvalue weighted by Gasteiger charge is 2.36. The fourth-order valence-electron chi connectivity index (χ4n) is 1.82. The summed E-state index contributed by atoms with van der Waals surface area (Å²) >= 11 is 0. The van der Waals surface area contributed by atoms with Crippen molar-refractivity contribution in [3.63, 3.8) is 0 Å². The summed E-state index contributed by atoms with van der Waals surface area (Å²) in [4.78, 5) is 0. The highest BCUT2D eigenvalue weighted by atomic mass is 16.7. The minimum absolute atomic E-state index is 0.0415. The minimum Gasteiger partial charge on any atom is -0.380 e. The van der Waals surface area contributed by atoms with Gasteiger partial charge in [-0.2, -0.15) is 0 Å². The normalized spacial score (nSPS) is 25.4. The summed E-state index contributed by atoms with van der Waals surface area (Å²) < 4.78 is 21.5. The van der Waals surface area contributed by atoms with Crippen LogP contribution < -0.4 is 0 Å². The largest absolute Gasteiger partial charge is 0.380 e. The third-order valence-corrected chi connectivity index (χ3v) is 3.16. The van der Waals surface area contributed by atoms with E-state index in [1.807, 2.05) is 0 Å². The standard InChI is InChI=1S/C11H20O4/c1-2-11(8-13-9-11)7-12-4-3-10-14-5-6-15-10/h10H,2-9H2,1H3. The molecule has 0 atom stereocenters. The van der Waals surface area contributed by atoms with Crippen LogP contribution in [0.5, 0.6) is 0 Å². The number of ether oxygens (including phenoxy) is 4. The molecular weight excluding hydrogens is 196 g/mol. The summed E-state index contributed by atoms with van der Waals surface area (Å²) in [6.07, 6.45) is 1.92. The molecule has 0 radical (unpaired) electrons. The lowest BCUT2D eigenvalue weighted by molar-refractivity contribution is -0.154. The van der Waals surface area contributed by atoms with Gasteiger partial charge >= 0.3 is 0 Å². The second-order valence-corrected chi connectivity index (χ2v) is 4.36. The third-order valence-electron chi connectivity index (χ3n) is 3.16. The molecule has 0 aliphatic carbocycles. The molecule has 2 fully saturated rings. The minimum atomic E-state index is -0.0415. The van der Waals surface area contributed by atoms with Gasteiger partial charge in [-0.25, -0.2) is 0 Å². The Labute approximate surface area is 90.8 Å². The summed E-state index contributed by atoms with van der Waals surface area (Å²) in [5.74, 6) is 0. The Morgan fingerprint density at radius 2 is 2.00 bits per heavy atom. The quantitative estimate of drug-likeness (QED) is 0.625. The molecule has 4 heteroatoms. The fraction of sp³-hybridized carbons (Fsp3) is 1.00. The molecule has 0 amide bonds. The van der Waals surface area contributed by atoms with Crippen molar-refractivity contribution in [1.29, 1.82) is 0 Å². The average Bonchev–Trinajstić information content (AvgIpc) is 2.68. The molecule has 2 saturated heterocycles. The third kappa shape index (κ3) is 2.91. The Balaban J connectivity index is 1.54. The van der Waals surface area contributed by atoms with Gasteiger partial charge in [-0.15, -0.1) is 0 Å². The zero-order valence-electron chi connectivity index (χ0n) is 9.37. The Hall–Kier alpha value is -0.160. The maximum atomic E-state index is 5.65. The van der Waals surface area contributed by atoms with E-state index in [9.17, 15) is 0 Å². The van der Waals surface area contributed by atoms with Gasteiger partial charge in [-0.3, -0.25) is 0 Å². The van der Waals surface area contributed by atoms with Gasteiger partial charge in [0.15, 0.2) is 6.29 Å². The monoisotopic (exact) mass is 216 g/mol. The van der Waals surface area contributed by atoms with E-state index in [2.05, 4.69) is 6.92 Å². The van der Waals surface area contributed by atoms with Crippen LogP contribution in [0.15, 0.2) is 0 Å². The van der Waals surface area contributed by atoms with Crippen LogP contribution in [0.1, 0.15) is 19.8 Å². The number of hydrogen-bond acceptors (Lipinski definition) is 4. The highest BCUT2D eigenvalue weighted by Crippen LogP contribution is 2.31. The maximum absolute atomic E-state index is 5.65. The first-order valence-corrected chi connectivity index (χ1v) is 5.73. The van der Waals surface area contributed by atoms with Crippen LogP contribution in [-0.4, -0.2) is 45.9 Å². The van der Waals surface area contributed by atoms with Crippen molar-refractivity contribution in [2.45, 2.75) is 26.1 Å². The predicted molar refractivity (Wildman–Crippen MR) is 54.7 cm³/mol. The molecule has 0 aromatic carbocycles. The van der Waals surface area contributed by atoms with Crippen LogP contribution in [-0.2, 0) is 18.9 Å². The molecule has 0 aromatic rings. The van der Waals surface area contributed by atoms with E-state index in [0.717, 1.165) is 45.9 Å². The smallest absolute Gasteiger partial charge is 0.160 e. The fourth-order valence-corrected chi connectivity index (χ4v) is 1.82. The van der Waals surface area contributed by atoms with E-state index in [0.29, 0.717) is 6.61 Å². The van der Waals surface area contributed by atoms with Crippen LogP contribution in [0.2, 0.25) is 0 Å². The molecule has 88 valence electrons. The number of hydrogen-bond donors (Lipinski definition) is 0. The van der Waals surface area contributed by atoms with Crippen molar-refractivity contribution in [3.8, 4) is 0 Å². The van der Waals surface area contributed by atoms with E-state index >= 15 is 0 Å². The van der Waals surface area contributed by atoms with E-state index in [1.165, 1.54) is 0 Å². The Morgan fingerprint density at radius 3 is 2.53 bits per heavy atom. The first-order valence-electron chi connectivity index (χ1n) is 5.73. The van der Waals surface area contributed by atoms with Crippen molar-refractivity contribution in [2.24, 2.45) is 5.41 Å². The van der Waals surface area contributed by atoms with Gasteiger partial charge in [0.1, 0.15) is 0 Å². The van der Waals surface area contributed by atoms with E-state index in [-0.39, 0.29) is 11.7 Å². The van der Waals surface area contributed by atoms with Crippen molar-refractivity contribution >= 4 is 0 Å². The molecule has 0 unspecified atom stereocenters. The molecule has 0 bridgehead atoms. The lowest BCUT2D eigenvalue weighted by Gasteiger charge is -2.40. The zero-order chi connectivity index (χ0) is 10.6. The molecule has 2 rings (SSSR count). The highest BCUT2D eigenvalue weighted by molar-refractivity contribution is 4.83. The first-order chi connectivity index (χ1) is 7.35. The summed E-state index contributed by atoms with van der Waals surface area (Å²) in [6, 6.07) is 0. The topological polar surface area (TPSA) is 36.9 Å². The van der Waals surface area contributed by atoms with Crippen LogP contribution in [0, 0.1) is 5.41 Å². The molecule has 2 heterocycles. The van der Waals surface area contributed by atoms with E-state index in [1.54, 1.807) is 0 Å². The summed E-state index contributed by atoms with van der Waals surface area (Å²) in [6.45, 7) is 6.84. The van der Waals surface area contributed by atoms with Crippen molar-refractivity contribution in [3.05, 3.63) is 0 Å². The molecule has 2 aliphatic rings. The molecule has 0 aromatic heterocycles. The van der Waals surface area contributed by atoms with Gasteiger partial charge in [0.05, 0.1) is 39.6 Å². The van der Waals surface area contributed by atoms with Crippen molar-refractivity contribution < 1.29 is 18.9 Å². The molecular formula is C11H20O4. The van der Waals surface area contributed by atoms with Gasteiger partial charge in [0.25, 0.3) is 0 Å². The Morgan fingerprint density at radius 1 is 1.27 bits per heavy atom. The maximum Gasteiger partial charge on any atom is 0.160 e. The van der Waals surface area contributed by atoms with Crippen molar-refractivity contribution in [1.82, 2.24) is 0 Å². The molecule has 4 nitrogen and oxygen atoms in total. The van der Waals surface area contributed by atoms with Crippen LogP contribution in [0.4, 0.5) is 0 Å². The van der Waals surface area contributed by atoms with Gasteiger partial charge < -0.3 is 18.9 Å². The second-order valence-electron chi connectivity index (χ2n) is 4.36. The van der Waals surface area contributed by atoms with Gasteiger partial charge in [0, 0.05) is 11.8 Å².